The largest absolute Gasteiger partial charge is 0.481 e. The number of benzene rings is 1. The maximum atomic E-state index is 12.4. The van der Waals surface area contributed by atoms with Crippen molar-refractivity contribution in [2.75, 3.05) is 13.1 Å². The highest BCUT2D eigenvalue weighted by molar-refractivity contribution is 5.68. The second-order valence-electron chi connectivity index (χ2n) is 5.00. The zero-order valence-corrected chi connectivity index (χ0v) is 10.6. The molecule has 3 N–H and O–H groups in total. The smallest absolute Gasteiger partial charge is 0.416 e. The predicted octanol–water partition coefficient (Wildman–Crippen LogP) is 1.61. The molecule has 20 heavy (non-hydrogen) atoms. The number of halogens is 3. The van der Waals surface area contributed by atoms with Crippen LogP contribution in [0.1, 0.15) is 17.5 Å². The Bertz CT molecular complexity index is 481. The number of rotatable bonds is 5. The summed E-state index contributed by atoms with van der Waals surface area (Å²) in [4.78, 5) is 10.8. The van der Waals surface area contributed by atoms with Gasteiger partial charge < -0.3 is 15.7 Å². The van der Waals surface area contributed by atoms with E-state index in [1.807, 2.05) is 0 Å². The molecule has 0 amide bonds. The maximum absolute atomic E-state index is 12.4. The van der Waals surface area contributed by atoms with E-state index in [-0.39, 0.29) is 6.42 Å². The maximum Gasteiger partial charge on any atom is 0.416 e. The molecule has 1 fully saturated rings. The van der Waals surface area contributed by atoms with Gasteiger partial charge in [-0.05, 0) is 17.7 Å². The van der Waals surface area contributed by atoms with Gasteiger partial charge in [-0.1, -0.05) is 12.1 Å². The Balaban J connectivity index is 1.95. The Kier molecular flexibility index (Phi) is 4.01. The van der Waals surface area contributed by atoms with Crippen LogP contribution < -0.4 is 10.6 Å². The number of hydrogen-bond donors (Lipinski definition) is 3. The van der Waals surface area contributed by atoms with Gasteiger partial charge in [0.25, 0.3) is 0 Å². The van der Waals surface area contributed by atoms with Crippen molar-refractivity contribution in [3.8, 4) is 0 Å². The van der Waals surface area contributed by atoms with E-state index in [4.69, 9.17) is 5.11 Å². The summed E-state index contributed by atoms with van der Waals surface area (Å²) in [6.45, 7) is 1.42. The minimum Gasteiger partial charge on any atom is -0.481 e. The number of carboxylic acid groups (broad SMARTS) is 1. The van der Waals surface area contributed by atoms with E-state index in [0.29, 0.717) is 25.2 Å². The molecular weight excluding hydrogens is 273 g/mol. The number of carbonyl (C=O) groups is 1. The second-order valence-corrected chi connectivity index (χ2v) is 5.00. The van der Waals surface area contributed by atoms with Crippen molar-refractivity contribution in [3.63, 3.8) is 0 Å². The monoisotopic (exact) mass is 288 g/mol. The van der Waals surface area contributed by atoms with Crippen LogP contribution in [0.4, 0.5) is 13.2 Å². The van der Waals surface area contributed by atoms with Crippen molar-refractivity contribution in [1.29, 1.82) is 0 Å². The van der Waals surface area contributed by atoms with Crippen molar-refractivity contribution < 1.29 is 23.1 Å². The van der Waals surface area contributed by atoms with Crippen molar-refractivity contribution in [2.24, 2.45) is 0 Å². The van der Waals surface area contributed by atoms with Crippen LogP contribution in [0.5, 0.6) is 0 Å². The summed E-state index contributed by atoms with van der Waals surface area (Å²) in [6, 6.07) is 4.85. The number of aliphatic carboxylic acids is 1. The molecule has 1 aliphatic heterocycles. The molecule has 1 aromatic carbocycles. The molecule has 2 rings (SSSR count). The first-order chi connectivity index (χ1) is 9.31. The minimum absolute atomic E-state index is 0.0133. The Labute approximate surface area is 114 Å². The molecular formula is C13H15F3N2O2. The zero-order chi connectivity index (χ0) is 14.8. The highest BCUT2D eigenvalue weighted by atomic mass is 19.4. The van der Waals surface area contributed by atoms with Crippen LogP contribution in [0.2, 0.25) is 0 Å². The van der Waals surface area contributed by atoms with Gasteiger partial charge in [0.2, 0.25) is 0 Å². The molecule has 7 heteroatoms. The third-order valence-electron chi connectivity index (χ3n) is 3.37. The molecule has 110 valence electrons. The van der Waals surface area contributed by atoms with Crippen LogP contribution >= 0.6 is 0 Å². The van der Waals surface area contributed by atoms with E-state index < -0.39 is 23.2 Å². The van der Waals surface area contributed by atoms with Gasteiger partial charge >= 0.3 is 12.1 Å². The summed E-state index contributed by atoms with van der Waals surface area (Å²) in [5, 5.41) is 15.0. The van der Waals surface area contributed by atoms with Gasteiger partial charge in [0.1, 0.15) is 0 Å². The van der Waals surface area contributed by atoms with Gasteiger partial charge in [-0.25, -0.2) is 0 Å². The molecule has 1 aromatic rings. The van der Waals surface area contributed by atoms with Crippen molar-refractivity contribution >= 4 is 5.97 Å². The number of alkyl halides is 3. The standard InChI is InChI=1S/C13H15F3N2O2/c14-13(15,16)10-3-1-9(2-4-10)6-18-12(5-11(19)20)7-17-8-12/h1-4,17-18H,5-8H2,(H,19,20). The first-order valence-corrected chi connectivity index (χ1v) is 6.14. The molecule has 4 nitrogen and oxygen atoms in total. The fraction of sp³-hybridized carbons (Fsp3) is 0.462. The van der Waals surface area contributed by atoms with Crippen molar-refractivity contribution in [1.82, 2.24) is 10.6 Å². The second kappa shape index (κ2) is 5.41. The topological polar surface area (TPSA) is 61.4 Å². The molecule has 0 radical (unpaired) electrons. The predicted molar refractivity (Wildman–Crippen MR) is 66.1 cm³/mol. The summed E-state index contributed by atoms with van der Waals surface area (Å²) in [6.07, 6.45) is -4.35. The molecule has 0 bridgehead atoms. The van der Waals surface area contributed by atoms with E-state index >= 15 is 0 Å². The van der Waals surface area contributed by atoms with Gasteiger partial charge in [0.05, 0.1) is 17.5 Å². The summed E-state index contributed by atoms with van der Waals surface area (Å²) in [5.41, 5.74) is -0.504. The van der Waals surface area contributed by atoms with Gasteiger partial charge in [0, 0.05) is 19.6 Å². The Morgan fingerprint density at radius 2 is 1.90 bits per heavy atom. The first kappa shape index (κ1) is 14.8. The molecule has 1 heterocycles. The third-order valence-corrected chi connectivity index (χ3v) is 3.37. The number of hydrogen-bond acceptors (Lipinski definition) is 3. The normalized spacial score (nSPS) is 17.6. The molecule has 0 aromatic heterocycles. The quantitative estimate of drug-likeness (QED) is 0.770. The third kappa shape index (κ3) is 3.49. The SMILES string of the molecule is O=C(O)CC1(NCc2ccc(C(F)(F)F)cc2)CNC1. The molecule has 0 aliphatic carbocycles. The van der Waals surface area contributed by atoms with Crippen LogP contribution in [0.3, 0.4) is 0 Å². The minimum atomic E-state index is -4.34. The zero-order valence-electron chi connectivity index (χ0n) is 10.6. The Morgan fingerprint density at radius 1 is 1.30 bits per heavy atom. The Hall–Kier alpha value is -1.60. The first-order valence-electron chi connectivity index (χ1n) is 6.14. The summed E-state index contributed by atoms with van der Waals surface area (Å²) >= 11 is 0. The van der Waals surface area contributed by atoms with Gasteiger partial charge in [0.15, 0.2) is 0 Å². The Morgan fingerprint density at radius 3 is 2.30 bits per heavy atom. The van der Waals surface area contributed by atoms with Gasteiger partial charge in [-0.3, -0.25) is 4.79 Å². The van der Waals surface area contributed by atoms with E-state index in [1.165, 1.54) is 12.1 Å². The lowest BCUT2D eigenvalue weighted by Crippen LogP contribution is -2.68. The summed E-state index contributed by atoms with van der Waals surface area (Å²) in [7, 11) is 0. The van der Waals surface area contributed by atoms with E-state index in [9.17, 15) is 18.0 Å². The number of nitrogens with one attached hydrogen (secondary N) is 2. The summed E-state index contributed by atoms with van der Waals surface area (Å²) in [5.74, 6) is -0.897. The van der Waals surface area contributed by atoms with Gasteiger partial charge in [-0.2, -0.15) is 13.2 Å². The average Bonchev–Trinajstić information content (AvgIpc) is 2.31. The lowest BCUT2D eigenvalue weighted by Gasteiger charge is -2.42. The fourth-order valence-electron chi connectivity index (χ4n) is 2.13. The average molecular weight is 288 g/mol. The lowest BCUT2D eigenvalue weighted by molar-refractivity contribution is -0.139. The van der Waals surface area contributed by atoms with E-state index in [2.05, 4.69) is 10.6 Å². The van der Waals surface area contributed by atoms with Crippen LogP contribution in [0, 0.1) is 0 Å². The van der Waals surface area contributed by atoms with Gasteiger partial charge in [-0.15, -0.1) is 0 Å². The molecule has 1 aliphatic rings. The van der Waals surface area contributed by atoms with Crippen molar-refractivity contribution in [3.05, 3.63) is 35.4 Å². The molecule has 0 unspecified atom stereocenters. The van der Waals surface area contributed by atoms with Crippen molar-refractivity contribution in [2.45, 2.75) is 24.7 Å². The lowest BCUT2D eigenvalue weighted by atomic mass is 9.88. The summed E-state index contributed by atoms with van der Waals surface area (Å²) < 4.78 is 37.2. The van der Waals surface area contributed by atoms with Crippen LogP contribution in [0.25, 0.3) is 0 Å². The molecule has 0 spiro atoms. The molecule has 0 atom stereocenters. The molecule has 1 saturated heterocycles. The fourth-order valence-corrected chi connectivity index (χ4v) is 2.13. The molecule has 0 saturated carbocycles. The van der Waals surface area contributed by atoms with Crippen LogP contribution in [-0.2, 0) is 17.5 Å². The van der Waals surface area contributed by atoms with Crippen LogP contribution in [-0.4, -0.2) is 29.7 Å². The highest BCUT2D eigenvalue weighted by Gasteiger charge is 2.38. The van der Waals surface area contributed by atoms with Crippen LogP contribution in [0.15, 0.2) is 24.3 Å². The van der Waals surface area contributed by atoms with E-state index in [0.717, 1.165) is 12.1 Å². The highest BCUT2D eigenvalue weighted by Crippen LogP contribution is 2.29. The number of carboxylic acids is 1. The van der Waals surface area contributed by atoms with E-state index in [1.54, 1.807) is 0 Å².